The standard InChI is InChI=1S/C12H20F3N3O.ClH/c13-12(14,15)10(18-5-3-16-4-6-18)8-17-11(19)7-9-1-2-9;/h9-10,16H,1-8H2,(H,17,19);1H. The average Bonchev–Trinajstić information content (AvgIpc) is 3.13. The van der Waals surface area contributed by atoms with Crippen LogP contribution in [0.25, 0.3) is 0 Å². The van der Waals surface area contributed by atoms with E-state index in [0.29, 0.717) is 38.5 Å². The molecule has 0 aromatic rings. The zero-order valence-corrected chi connectivity index (χ0v) is 12.0. The Morgan fingerprint density at radius 1 is 1.30 bits per heavy atom. The number of amides is 1. The van der Waals surface area contributed by atoms with E-state index in [-0.39, 0.29) is 24.9 Å². The molecule has 4 nitrogen and oxygen atoms in total. The number of nitrogens with zero attached hydrogens (tertiary/aromatic N) is 1. The molecule has 0 bridgehead atoms. The van der Waals surface area contributed by atoms with E-state index >= 15 is 0 Å². The lowest BCUT2D eigenvalue weighted by molar-refractivity contribution is -0.184. The van der Waals surface area contributed by atoms with Crippen molar-refractivity contribution < 1.29 is 18.0 Å². The molecule has 1 saturated carbocycles. The number of carbonyl (C=O) groups is 1. The molecular formula is C12H21ClF3N3O. The molecule has 2 fully saturated rings. The maximum atomic E-state index is 13.0. The Morgan fingerprint density at radius 3 is 2.40 bits per heavy atom. The highest BCUT2D eigenvalue weighted by Crippen LogP contribution is 2.32. The van der Waals surface area contributed by atoms with Crippen LogP contribution in [0.2, 0.25) is 0 Å². The van der Waals surface area contributed by atoms with E-state index in [4.69, 9.17) is 0 Å². The molecule has 2 aliphatic rings. The SMILES string of the molecule is Cl.O=C(CC1CC1)NCC(N1CCNCC1)C(F)(F)F. The highest BCUT2D eigenvalue weighted by Gasteiger charge is 2.43. The summed E-state index contributed by atoms with van der Waals surface area (Å²) in [6.45, 7) is 1.51. The molecule has 2 N–H and O–H groups in total. The zero-order chi connectivity index (χ0) is 13.9. The van der Waals surface area contributed by atoms with Gasteiger partial charge in [0.05, 0.1) is 0 Å². The maximum Gasteiger partial charge on any atom is 0.405 e. The molecule has 0 spiro atoms. The summed E-state index contributed by atoms with van der Waals surface area (Å²) in [5, 5.41) is 5.46. The van der Waals surface area contributed by atoms with Gasteiger partial charge in [-0.15, -0.1) is 12.4 Å². The van der Waals surface area contributed by atoms with Crippen molar-refractivity contribution in [3.05, 3.63) is 0 Å². The Morgan fingerprint density at radius 2 is 1.90 bits per heavy atom. The molecule has 0 radical (unpaired) electrons. The number of piperazine rings is 1. The number of carbonyl (C=O) groups excluding carboxylic acids is 1. The third kappa shape index (κ3) is 5.46. The highest BCUT2D eigenvalue weighted by atomic mass is 35.5. The summed E-state index contributed by atoms with van der Waals surface area (Å²) in [5.41, 5.74) is 0. The quantitative estimate of drug-likeness (QED) is 0.800. The number of halogens is 4. The normalized spacial score (nSPS) is 21.9. The summed E-state index contributed by atoms with van der Waals surface area (Å²) in [6.07, 6.45) is -1.89. The molecule has 1 amide bonds. The molecule has 1 atom stereocenters. The highest BCUT2D eigenvalue weighted by molar-refractivity contribution is 5.85. The monoisotopic (exact) mass is 315 g/mol. The van der Waals surface area contributed by atoms with Gasteiger partial charge in [-0.3, -0.25) is 9.69 Å². The fourth-order valence-electron chi connectivity index (χ4n) is 2.31. The molecule has 20 heavy (non-hydrogen) atoms. The summed E-state index contributed by atoms with van der Waals surface area (Å²) < 4.78 is 39.0. The molecule has 1 aliphatic heterocycles. The van der Waals surface area contributed by atoms with Gasteiger partial charge in [-0.05, 0) is 18.8 Å². The van der Waals surface area contributed by atoms with Crippen LogP contribution in [0, 0.1) is 5.92 Å². The van der Waals surface area contributed by atoms with Crippen molar-refractivity contribution in [3.8, 4) is 0 Å². The molecule has 1 aliphatic carbocycles. The minimum atomic E-state index is -4.30. The lowest BCUT2D eigenvalue weighted by atomic mass is 10.2. The Labute approximate surface area is 122 Å². The van der Waals surface area contributed by atoms with Crippen molar-refractivity contribution in [1.29, 1.82) is 0 Å². The van der Waals surface area contributed by atoms with Gasteiger partial charge in [-0.1, -0.05) is 0 Å². The zero-order valence-electron chi connectivity index (χ0n) is 11.2. The topological polar surface area (TPSA) is 44.4 Å². The smallest absolute Gasteiger partial charge is 0.354 e. The first-order valence-electron chi connectivity index (χ1n) is 6.75. The average molecular weight is 316 g/mol. The minimum absolute atomic E-state index is 0. The summed E-state index contributed by atoms with van der Waals surface area (Å²) in [7, 11) is 0. The van der Waals surface area contributed by atoms with Gasteiger partial charge in [0.25, 0.3) is 0 Å². The Hall–Kier alpha value is -0.530. The van der Waals surface area contributed by atoms with E-state index in [2.05, 4.69) is 10.6 Å². The van der Waals surface area contributed by atoms with Gasteiger partial charge in [0.2, 0.25) is 5.91 Å². The largest absolute Gasteiger partial charge is 0.405 e. The number of hydrogen-bond acceptors (Lipinski definition) is 3. The molecule has 2 rings (SSSR count). The van der Waals surface area contributed by atoms with Gasteiger partial charge >= 0.3 is 6.18 Å². The second-order valence-electron chi connectivity index (χ2n) is 5.29. The first-order chi connectivity index (χ1) is 8.97. The van der Waals surface area contributed by atoms with Gasteiger partial charge in [-0.2, -0.15) is 13.2 Å². The van der Waals surface area contributed by atoms with Gasteiger partial charge in [0.1, 0.15) is 6.04 Å². The number of hydrogen-bond donors (Lipinski definition) is 2. The van der Waals surface area contributed by atoms with Crippen LogP contribution in [-0.2, 0) is 4.79 Å². The van der Waals surface area contributed by atoms with E-state index in [9.17, 15) is 18.0 Å². The summed E-state index contributed by atoms with van der Waals surface area (Å²) in [4.78, 5) is 12.9. The number of alkyl halides is 3. The third-order valence-corrected chi connectivity index (χ3v) is 3.63. The maximum absolute atomic E-state index is 13.0. The van der Waals surface area contributed by atoms with Crippen molar-refractivity contribution >= 4 is 18.3 Å². The van der Waals surface area contributed by atoms with Gasteiger partial charge in [0.15, 0.2) is 0 Å². The van der Waals surface area contributed by atoms with Crippen molar-refractivity contribution in [2.75, 3.05) is 32.7 Å². The van der Waals surface area contributed by atoms with Gasteiger partial charge in [0, 0.05) is 39.1 Å². The van der Waals surface area contributed by atoms with Crippen LogP contribution >= 0.6 is 12.4 Å². The van der Waals surface area contributed by atoms with Crippen molar-refractivity contribution in [2.45, 2.75) is 31.5 Å². The fourth-order valence-corrected chi connectivity index (χ4v) is 2.31. The lowest BCUT2D eigenvalue weighted by Crippen LogP contribution is -2.57. The van der Waals surface area contributed by atoms with Crippen molar-refractivity contribution in [1.82, 2.24) is 15.5 Å². The van der Waals surface area contributed by atoms with Crippen molar-refractivity contribution in [2.24, 2.45) is 5.92 Å². The molecule has 1 saturated heterocycles. The molecular weight excluding hydrogens is 295 g/mol. The van der Waals surface area contributed by atoms with E-state index in [0.717, 1.165) is 12.8 Å². The molecule has 0 aromatic carbocycles. The summed E-state index contributed by atoms with van der Waals surface area (Å²) in [5.74, 6) is 0.135. The summed E-state index contributed by atoms with van der Waals surface area (Å²) >= 11 is 0. The van der Waals surface area contributed by atoms with E-state index in [1.54, 1.807) is 0 Å². The Balaban J connectivity index is 0.00000200. The number of rotatable bonds is 5. The molecule has 1 unspecified atom stereocenters. The third-order valence-electron chi connectivity index (χ3n) is 3.63. The predicted octanol–water partition coefficient (Wildman–Crippen LogP) is 1.16. The van der Waals surface area contributed by atoms with E-state index in [1.165, 1.54) is 4.90 Å². The Bertz CT molecular complexity index is 318. The molecule has 0 aromatic heterocycles. The van der Waals surface area contributed by atoms with Crippen LogP contribution in [0.1, 0.15) is 19.3 Å². The van der Waals surface area contributed by atoms with Crippen LogP contribution in [0.15, 0.2) is 0 Å². The second-order valence-corrected chi connectivity index (χ2v) is 5.29. The number of nitrogens with one attached hydrogen (secondary N) is 2. The van der Waals surface area contributed by atoms with Gasteiger partial charge < -0.3 is 10.6 Å². The van der Waals surface area contributed by atoms with Crippen LogP contribution in [-0.4, -0.2) is 55.7 Å². The lowest BCUT2D eigenvalue weighted by Gasteiger charge is -2.35. The first kappa shape index (κ1) is 17.5. The van der Waals surface area contributed by atoms with E-state index in [1.807, 2.05) is 0 Å². The Kier molecular flexibility index (Phi) is 6.54. The van der Waals surface area contributed by atoms with Crippen molar-refractivity contribution in [3.63, 3.8) is 0 Å². The van der Waals surface area contributed by atoms with E-state index < -0.39 is 12.2 Å². The van der Waals surface area contributed by atoms with Crippen LogP contribution in [0.5, 0.6) is 0 Å². The molecule has 118 valence electrons. The van der Waals surface area contributed by atoms with Crippen LogP contribution in [0.3, 0.4) is 0 Å². The first-order valence-corrected chi connectivity index (χ1v) is 6.75. The summed E-state index contributed by atoms with van der Waals surface area (Å²) in [6, 6.07) is -1.57. The predicted molar refractivity (Wildman–Crippen MR) is 71.9 cm³/mol. The second kappa shape index (κ2) is 7.47. The van der Waals surface area contributed by atoms with Gasteiger partial charge in [-0.25, -0.2) is 0 Å². The fraction of sp³-hybridized carbons (Fsp3) is 0.917. The van der Waals surface area contributed by atoms with Crippen LogP contribution < -0.4 is 10.6 Å². The van der Waals surface area contributed by atoms with Crippen LogP contribution in [0.4, 0.5) is 13.2 Å². The molecule has 8 heteroatoms. The molecule has 1 heterocycles. The minimum Gasteiger partial charge on any atom is -0.354 e.